The van der Waals surface area contributed by atoms with Crippen molar-refractivity contribution in [3.63, 3.8) is 0 Å². The molecule has 0 fully saturated rings. The highest BCUT2D eigenvalue weighted by molar-refractivity contribution is 5.84. The van der Waals surface area contributed by atoms with Gasteiger partial charge in [-0.25, -0.2) is 4.79 Å². The summed E-state index contributed by atoms with van der Waals surface area (Å²) >= 11 is 0. The molecule has 0 heterocycles. The van der Waals surface area contributed by atoms with Crippen LogP contribution in [0.1, 0.15) is 13.8 Å². The van der Waals surface area contributed by atoms with E-state index < -0.39 is 16.6 Å². The highest BCUT2D eigenvalue weighted by Crippen LogP contribution is 2.02. The molecule has 0 atom stereocenters. The first kappa shape index (κ1) is 8.61. The van der Waals surface area contributed by atoms with Crippen LogP contribution in [0.15, 0.2) is 11.3 Å². The van der Waals surface area contributed by atoms with Crippen LogP contribution in [-0.4, -0.2) is 16.0 Å². The van der Waals surface area contributed by atoms with Crippen LogP contribution in [0, 0.1) is 10.1 Å². The second-order valence-electron chi connectivity index (χ2n) is 1.91. The summed E-state index contributed by atoms with van der Waals surface area (Å²) in [7, 11) is 0. The van der Waals surface area contributed by atoms with Crippen molar-refractivity contribution in [2.75, 3.05) is 0 Å². The fourth-order valence-electron chi connectivity index (χ4n) is 0.475. The van der Waals surface area contributed by atoms with Gasteiger partial charge in [-0.2, -0.15) is 0 Å². The molecule has 5 heteroatoms. The van der Waals surface area contributed by atoms with E-state index in [4.69, 9.17) is 5.11 Å². The van der Waals surface area contributed by atoms with Gasteiger partial charge in [-0.1, -0.05) is 0 Å². The van der Waals surface area contributed by atoms with Gasteiger partial charge >= 0.3 is 11.7 Å². The van der Waals surface area contributed by atoms with Crippen LogP contribution < -0.4 is 0 Å². The molecule has 56 valence electrons. The zero-order chi connectivity index (χ0) is 8.31. The zero-order valence-electron chi connectivity index (χ0n) is 5.62. The largest absolute Gasteiger partial charge is 0.473 e. The second kappa shape index (κ2) is 2.95. The maximum Gasteiger partial charge on any atom is 0.407 e. The van der Waals surface area contributed by atoms with Gasteiger partial charge in [0.2, 0.25) is 0 Å². The Morgan fingerprint density at radius 2 is 1.90 bits per heavy atom. The molecule has 0 aliphatic carbocycles. The predicted molar refractivity (Wildman–Crippen MR) is 33.0 cm³/mol. The molecule has 0 spiro atoms. The Bertz CT molecular complexity index is 186. The van der Waals surface area contributed by atoms with Crippen LogP contribution in [0.25, 0.3) is 0 Å². The van der Waals surface area contributed by atoms with Crippen LogP contribution in [-0.2, 0) is 4.79 Å². The maximum absolute atomic E-state index is 10.1. The fraction of sp³-hybridized carbons (Fsp3) is 0.400. The van der Waals surface area contributed by atoms with Crippen molar-refractivity contribution >= 4 is 5.97 Å². The molecule has 0 bridgehead atoms. The van der Waals surface area contributed by atoms with E-state index in [1.807, 2.05) is 0 Å². The van der Waals surface area contributed by atoms with Crippen LogP contribution in [0.3, 0.4) is 0 Å². The van der Waals surface area contributed by atoms with Gasteiger partial charge in [-0.3, -0.25) is 10.1 Å². The van der Waals surface area contributed by atoms with Crippen LogP contribution in [0.2, 0.25) is 0 Å². The third-order valence-electron chi connectivity index (χ3n) is 0.859. The van der Waals surface area contributed by atoms with Crippen LogP contribution in [0.5, 0.6) is 0 Å². The standard InChI is InChI=1S/C5H7NO4/c1-3(2)4(5(7)8)6(9)10/h1-2H3,(H,7,8). The zero-order valence-corrected chi connectivity index (χ0v) is 5.62. The van der Waals surface area contributed by atoms with E-state index >= 15 is 0 Å². The summed E-state index contributed by atoms with van der Waals surface area (Å²) in [6.07, 6.45) is 0. The average molecular weight is 145 g/mol. The van der Waals surface area contributed by atoms with Gasteiger partial charge in [0, 0.05) is 5.57 Å². The van der Waals surface area contributed by atoms with Crippen LogP contribution in [0.4, 0.5) is 0 Å². The number of carboxylic acid groups (broad SMARTS) is 1. The summed E-state index contributed by atoms with van der Waals surface area (Å²) < 4.78 is 0. The summed E-state index contributed by atoms with van der Waals surface area (Å²) in [6, 6.07) is 0. The number of hydrogen-bond acceptors (Lipinski definition) is 3. The minimum absolute atomic E-state index is 0.192. The first-order valence-electron chi connectivity index (χ1n) is 2.52. The number of nitrogens with zero attached hydrogens (tertiary/aromatic N) is 1. The number of nitro groups is 1. The Morgan fingerprint density at radius 3 is 1.90 bits per heavy atom. The number of rotatable bonds is 2. The SMILES string of the molecule is CC(C)=C(C(=O)O)[N+](=O)[O-]. The van der Waals surface area contributed by atoms with Crippen molar-refractivity contribution in [3.8, 4) is 0 Å². The number of hydrogen-bond donors (Lipinski definition) is 1. The molecule has 0 radical (unpaired) electrons. The van der Waals surface area contributed by atoms with Crippen molar-refractivity contribution in [1.82, 2.24) is 0 Å². The lowest BCUT2D eigenvalue weighted by atomic mass is 10.3. The van der Waals surface area contributed by atoms with Gasteiger partial charge in [0.05, 0.1) is 4.92 Å². The topological polar surface area (TPSA) is 80.4 Å². The van der Waals surface area contributed by atoms with Crippen molar-refractivity contribution in [1.29, 1.82) is 0 Å². The van der Waals surface area contributed by atoms with E-state index in [1.165, 1.54) is 13.8 Å². The van der Waals surface area contributed by atoms with Crippen molar-refractivity contribution in [2.45, 2.75) is 13.8 Å². The predicted octanol–water partition coefficient (Wildman–Crippen LogP) is 0.642. The van der Waals surface area contributed by atoms with Gasteiger partial charge < -0.3 is 5.11 Å². The van der Waals surface area contributed by atoms with E-state index in [9.17, 15) is 14.9 Å². The molecular weight excluding hydrogens is 138 g/mol. The summed E-state index contributed by atoms with van der Waals surface area (Å²) in [5, 5.41) is 18.2. The normalized spacial score (nSPS) is 8.60. The lowest BCUT2D eigenvalue weighted by molar-refractivity contribution is -0.422. The number of carbonyl (C=O) groups is 1. The third-order valence-corrected chi connectivity index (χ3v) is 0.859. The average Bonchev–Trinajstić information content (AvgIpc) is 1.59. The quantitative estimate of drug-likeness (QED) is 0.351. The molecule has 0 aromatic heterocycles. The molecule has 5 nitrogen and oxygen atoms in total. The van der Waals surface area contributed by atoms with Crippen molar-refractivity contribution in [3.05, 3.63) is 21.4 Å². The molecule has 0 aliphatic rings. The van der Waals surface area contributed by atoms with E-state index in [0.29, 0.717) is 0 Å². The lowest BCUT2D eigenvalue weighted by Crippen LogP contribution is -2.11. The number of aliphatic carboxylic acids is 1. The highest BCUT2D eigenvalue weighted by atomic mass is 16.6. The Balaban J connectivity index is 4.79. The molecule has 0 saturated carbocycles. The smallest absolute Gasteiger partial charge is 0.407 e. The van der Waals surface area contributed by atoms with Gasteiger partial charge in [-0.15, -0.1) is 0 Å². The molecule has 1 N–H and O–H groups in total. The first-order valence-corrected chi connectivity index (χ1v) is 2.52. The first-order chi connectivity index (χ1) is 4.46. The molecule has 0 rings (SSSR count). The summed E-state index contributed by atoms with van der Waals surface area (Å²) in [6.45, 7) is 2.76. The van der Waals surface area contributed by atoms with E-state index in [1.54, 1.807) is 0 Å². The molecule has 10 heavy (non-hydrogen) atoms. The molecular formula is C5H7NO4. The van der Waals surface area contributed by atoms with Crippen molar-refractivity contribution < 1.29 is 14.8 Å². The lowest BCUT2D eigenvalue weighted by Gasteiger charge is -1.91. The minimum atomic E-state index is -1.50. The van der Waals surface area contributed by atoms with E-state index in [2.05, 4.69) is 0 Å². The molecule has 0 aromatic carbocycles. The van der Waals surface area contributed by atoms with Gasteiger partial charge in [0.1, 0.15) is 0 Å². The number of allylic oxidation sites excluding steroid dienone is 1. The van der Waals surface area contributed by atoms with Crippen LogP contribution >= 0.6 is 0 Å². The maximum atomic E-state index is 10.1. The molecule has 0 unspecified atom stereocenters. The Morgan fingerprint density at radius 1 is 1.50 bits per heavy atom. The van der Waals surface area contributed by atoms with Gasteiger partial charge in [0.25, 0.3) is 0 Å². The molecule has 0 aliphatic heterocycles. The Kier molecular flexibility index (Phi) is 2.54. The molecule has 0 saturated heterocycles. The molecule has 0 aromatic rings. The Hall–Kier alpha value is -1.39. The second-order valence-corrected chi connectivity index (χ2v) is 1.91. The summed E-state index contributed by atoms with van der Waals surface area (Å²) in [4.78, 5) is 19.1. The fourth-order valence-corrected chi connectivity index (χ4v) is 0.475. The highest BCUT2D eigenvalue weighted by Gasteiger charge is 2.21. The minimum Gasteiger partial charge on any atom is -0.473 e. The van der Waals surface area contributed by atoms with E-state index in [-0.39, 0.29) is 5.57 Å². The van der Waals surface area contributed by atoms with Crippen molar-refractivity contribution in [2.24, 2.45) is 0 Å². The Labute approximate surface area is 57.1 Å². The van der Waals surface area contributed by atoms with Gasteiger partial charge in [-0.05, 0) is 13.8 Å². The summed E-state index contributed by atoms with van der Waals surface area (Å²) in [5.74, 6) is -1.50. The third kappa shape index (κ3) is 1.85. The van der Waals surface area contributed by atoms with E-state index in [0.717, 1.165) is 0 Å². The number of carboxylic acids is 1. The monoisotopic (exact) mass is 145 g/mol. The van der Waals surface area contributed by atoms with Gasteiger partial charge in [0.15, 0.2) is 0 Å². The summed E-state index contributed by atoms with van der Waals surface area (Å²) in [5.41, 5.74) is -0.558. The molecule has 0 amide bonds.